The lowest BCUT2D eigenvalue weighted by Gasteiger charge is -2.14. The van der Waals surface area contributed by atoms with Crippen LogP contribution in [0.5, 0.6) is 11.5 Å². The Bertz CT molecular complexity index is 1060. The van der Waals surface area contributed by atoms with E-state index in [0.29, 0.717) is 42.5 Å². The summed E-state index contributed by atoms with van der Waals surface area (Å²) in [5.41, 5.74) is 1.35. The number of ether oxygens (including phenoxy) is 2. The van der Waals surface area contributed by atoms with Crippen molar-refractivity contribution in [3.05, 3.63) is 56.4 Å². The highest BCUT2D eigenvalue weighted by molar-refractivity contribution is 9.10. The molecule has 1 saturated heterocycles. The van der Waals surface area contributed by atoms with Crippen LogP contribution < -0.4 is 14.8 Å². The molecular weight excluding hydrogens is 524 g/mol. The van der Waals surface area contributed by atoms with Gasteiger partial charge < -0.3 is 14.8 Å². The van der Waals surface area contributed by atoms with Crippen molar-refractivity contribution in [2.75, 3.05) is 25.6 Å². The Morgan fingerprint density at radius 1 is 1.32 bits per heavy atom. The number of hydrogen-bond donors (Lipinski definition) is 1. The third-order valence-corrected chi connectivity index (χ3v) is 6.43. The number of amides is 2. The molecule has 0 aromatic heterocycles. The topological polar surface area (TPSA) is 67.9 Å². The van der Waals surface area contributed by atoms with Crippen LogP contribution in [0.4, 0.5) is 5.69 Å². The maximum absolute atomic E-state index is 12.4. The lowest BCUT2D eigenvalue weighted by atomic mass is 10.2. The number of thioether (sulfide) groups is 1. The summed E-state index contributed by atoms with van der Waals surface area (Å²) in [7, 11) is 1.50. The van der Waals surface area contributed by atoms with Gasteiger partial charge in [-0.15, -0.1) is 0 Å². The van der Waals surface area contributed by atoms with Gasteiger partial charge in [0.1, 0.15) is 4.32 Å². The summed E-state index contributed by atoms with van der Waals surface area (Å²) in [5.74, 6) is 0.355. The first kappa shape index (κ1) is 23.6. The molecule has 3 rings (SSSR count). The van der Waals surface area contributed by atoms with E-state index in [1.165, 1.54) is 18.9 Å². The number of hydrogen-bond acceptors (Lipinski definition) is 6. The van der Waals surface area contributed by atoms with E-state index in [-0.39, 0.29) is 18.4 Å². The zero-order valence-electron chi connectivity index (χ0n) is 16.6. The van der Waals surface area contributed by atoms with E-state index in [0.717, 1.165) is 5.56 Å². The second-order valence-electron chi connectivity index (χ2n) is 6.30. The van der Waals surface area contributed by atoms with E-state index >= 15 is 0 Å². The van der Waals surface area contributed by atoms with Gasteiger partial charge in [-0.25, -0.2) is 0 Å². The summed E-state index contributed by atoms with van der Waals surface area (Å²) in [6, 6.07) is 10.3. The van der Waals surface area contributed by atoms with E-state index < -0.39 is 0 Å². The van der Waals surface area contributed by atoms with E-state index in [1.807, 2.05) is 6.92 Å². The highest BCUT2D eigenvalue weighted by Crippen LogP contribution is 2.39. The number of anilines is 1. The van der Waals surface area contributed by atoms with E-state index in [2.05, 4.69) is 21.2 Å². The smallest absolute Gasteiger partial charge is 0.266 e. The van der Waals surface area contributed by atoms with Crippen molar-refractivity contribution in [1.82, 2.24) is 4.90 Å². The molecule has 2 aromatic rings. The van der Waals surface area contributed by atoms with Crippen LogP contribution in [-0.4, -0.2) is 41.3 Å². The molecule has 0 radical (unpaired) electrons. The van der Waals surface area contributed by atoms with E-state index in [4.69, 9.17) is 33.3 Å². The first-order valence-corrected chi connectivity index (χ1v) is 11.5. The maximum atomic E-state index is 12.4. The van der Waals surface area contributed by atoms with Crippen molar-refractivity contribution in [3.63, 3.8) is 0 Å². The first-order chi connectivity index (χ1) is 14.8. The molecule has 10 heteroatoms. The van der Waals surface area contributed by atoms with Gasteiger partial charge in [0.2, 0.25) is 0 Å². The highest BCUT2D eigenvalue weighted by Gasteiger charge is 2.30. The van der Waals surface area contributed by atoms with Gasteiger partial charge in [0, 0.05) is 17.3 Å². The van der Waals surface area contributed by atoms with Crippen LogP contribution in [0.15, 0.2) is 45.8 Å². The van der Waals surface area contributed by atoms with Crippen LogP contribution in [0.25, 0.3) is 6.08 Å². The van der Waals surface area contributed by atoms with Gasteiger partial charge in [-0.1, -0.05) is 35.6 Å². The minimum absolute atomic E-state index is 0.119. The lowest BCUT2D eigenvalue weighted by molar-refractivity contribution is -0.122. The van der Waals surface area contributed by atoms with Gasteiger partial charge >= 0.3 is 0 Å². The Morgan fingerprint density at radius 2 is 2.03 bits per heavy atom. The van der Waals surface area contributed by atoms with Crippen molar-refractivity contribution in [2.45, 2.75) is 6.92 Å². The number of halogens is 2. The fourth-order valence-electron chi connectivity index (χ4n) is 2.76. The second-order valence-corrected chi connectivity index (χ2v) is 9.27. The number of rotatable bonds is 7. The minimum atomic E-state index is -0.330. The Morgan fingerprint density at radius 3 is 2.65 bits per heavy atom. The van der Waals surface area contributed by atoms with Gasteiger partial charge in [-0.3, -0.25) is 14.5 Å². The molecular formula is C21H18BrClN2O4S2. The molecule has 1 fully saturated rings. The normalized spacial score (nSPS) is 14.8. The maximum Gasteiger partial charge on any atom is 0.266 e. The molecule has 162 valence electrons. The fourth-order valence-corrected chi connectivity index (χ4v) is 4.84. The average Bonchev–Trinajstić information content (AvgIpc) is 3.00. The number of thiocarbonyl (C=S) groups is 1. The monoisotopic (exact) mass is 540 g/mol. The Balaban J connectivity index is 1.73. The molecule has 2 amide bonds. The van der Waals surface area contributed by atoms with Crippen LogP contribution in [-0.2, 0) is 9.59 Å². The number of carbonyl (C=O) groups is 2. The number of nitrogens with one attached hydrogen (secondary N) is 1. The lowest BCUT2D eigenvalue weighted by Crippen LogP contribution is -2.27. The molecule has 6 nitrogen and oxygen atoms in total. The molecule has 1 N–H and O–H groups in total. The molecule has 0 atom stereocenters. The quantitative estimate of drug-likeness (QED) is 0.377. The van der Waals surface area contributed by atoms with Gasteiger partial charge in [-0.05, 0) is 70.9 Å². The summed E-state index contributed by atoms with van der Waals surface area (Å²) < 4.78 is 12.2. The SMILES string of the molecule is CCN1C(=O)/C(=C/c2cc(Br)c(OCC(=O)Nc3ccc(Cl)cc3)c(OC)c2)SC1=S. The third kappa shape index (κ3) is 5.79. The minimum Gasteiger partial charge on any atom is -0.493 e. The predicted octanol–water partition coefficient (Wildman–Crippen LogP) is 5.35. The van der Waals surface area contributed by atoms with Crippen LogP contribution in [0.3, 0.4) is 0 Å². The second kappa shape index (κ2) is 10.5. The molecule has 2 aromatic carbocycles. The molecule has 0 unspecified atom stereocenters. The molecule has 0 aliphatic carbocycles. The van der Waals surface area contributed by atoms with Crippen molar-refractivity contribution in [1.29, 1.82) is 0 Å². The molecule has 31 heavy (non-hydrogen) atoms. The summed E-state index contributed by atoms with van der Waals surface area (Å²) in [4.78, 5) is 26.7. The zero-order chi connectivity index (χ0) is 22.5. The first-order valence-electron chi connectivity index (χ1n) is 9.13. The van der Waals surface area contributed by atoms with Gasteiger partial charge in [-0.2, -0.15) is 0 Å². The van der Waals surface area contributed by atoms with Gasteiger partial charge in [0.25, 0.3) is 11.8 Å². The Kier molecular flexibility index (Phi) is 7.99. The number of likely N-dealkylation sites (N-methyl/N-ethyl adjacent to an activating group) is 1. The van der Waals surface area contributed by atoms with Crippen molar-refractivity contribution >= 4 is 79.4 Å². The van der Waals surface area contributed by atoms with Crippen molar-refractivity contribution in [2.24, 2.45) is 0 Å². The third-order valence-electron chi connectivity index (χ3n) is 4.21. The van der Waals surface area contributed by atoms with Crippen LogP contribution in [0.2, 0.25) is 5.02 Å². The number of benzene rings is 2. The molecule has 0 spiro atoms. The standard InChI is InChI=1S/C21H18BrClN2O4S2/c1-3-25-20(27)17(31-21(25)30)10-12-8-15(22)19(16(9-12)28-2)29-11-18(26)24-14-6-4-13(23)5-7-14/h4-10H,3,11H2,1-2H3,(H,24,26)/b17-10-. The molecule has 1 heterocycles. The molecule has 0 bridgehead atoms. The summed E-state index contributed by atoms with van der Waals surface area (Å²) in [6.45, 7) is 2.19. The average molecular weight is 542 g/mol. The number of nitrogens with zero attached hydrogens (tertiary/aromatic N) is 1. The zero-order valence-corrected chi connectivity index (χ0v) is 20.6. The van der Waals surface area contributed by atoms with E-state index in [9.17, 15) is 9.59 Å². The summed E-state index contributed by atoms with van der Waals surface area (Å²) in [5, 5.41) is 3.31. The molecule has 1 aliphatic heterocycles. The van der Waals surface area contributed by atoms with Gasteiger partial charge in [0.15, 0.2) is 18.1 Å². The van der Waals surface area contributed by atoms with Crippen LogP contribution >= 0.6 is 51.5 Å². The number of methoxy groups -OCH3 is 1. The molecule has 0 saturated carbocycles. The fraction of sp³-hybridized carbons (Fsp3) is 0.190. The summed E-state index contributed by atoms with van der Waals surface area (Å²) >= 11 is 15.8. The van der Waals surface area contributed by atoms with Gasteiger partial charge in [0.05, 0.1) is 16.5 Å². The van der Waals surface area contributed by atoms with Crippen LogP contribution in [0, 0.1) is 0 Å². The van der Waals surface area contributed by atoms with Crippen molar-refractivity contribution < 1.29 is 19.1 Å². The Labute approximate surface area is 203 Å². The van der Waals surface area contributed by atoms with E-state index in [1.54, 1.807) is 47.4 Å². The van der Waals surface area contributed by atoms with Crippen molar-refractivity contribution in [3.8, 4) is 11.5 Å². The Hall–Kier alpha value is -2.07. The van der Waals surface area contributed by atoms with Crippen LogP contribution in [0.1, 0.15) is 12.5 Å². The largest absolute Gasteiger partial charge is 0.493 e. The molecule has 1 aliphatic rings. The number of carbonyl (C=O) groups excluding carboxylic acids is 2. The predicted molar refractivity (Wildman–Crippen MR) is 132 cm³/mol. The highest BCUT2D eigenvalue weighted by atomic mass is 79.9. The summed E-state index contributed by atoms with van der Waals surface area (Å²) in [6.07, 6.45) is 1.75.